The zero-order valence-corrected chi connectivity index (χ0v) is 25.8. The second kappa shape index (κ2) is 10.5. The minimum absolute atomic E-state index is 0.792. The maximum absolute atomic E-state index is 2.55. The summed E-state index contributed by atoms with van der Waals surface area (Å²) < 4.78 is 7.59. The molecule has 2 aliphatic rings. The summed E-state index contributed by atoms with van der Waals surface area (Å²) in [6.45, 7) is 2.26. The van der Waals surface area contributed by atoms with E-state index in [0.29, 0.717) is 0 Å². The van der Waals surface area contributed by atoms with Gasteiger partial charge in [-0.15, -0.1) is 0 Å². The highest BCUT2D eigenvalue weighted by molar-refractivity contribution is 5.72. The topological polar surface area (TPSA) is 11.6 Å². The van der Waals surface area contributed by atoms with Crippen LogP contribution in [0.2, 0.25) is 0 Å². The van der Waals surface area contributed by atoms with Gasteiger partial charge in [0, 0.05) is 46.5 Å². The molecule has 0 bridgehead atoms. The van der Waals surface area contributed by atoms with E-state index in [1.54, 1.807) is 0 Å². The molecule has 3 heteroatoms. The molecule has 2 aliphatic heterocycles. The quantitative estimate of drug-likeness (QED) is 0.173. The van der Waals surface area contributed by atoms with Gasteiger partial charge < -0.3 is 0 Å². The first kappa shape index (κ1) is 26.7. The lowest BCUT2D eigenvalue weighted by atomic mass is 9.94. The van der Waals surface area contributed by atoms with E-state index in [0.717, 1.165) is 12.8 Å². The van der Waals surface area contributed by atoms with Gasteiger partial charge in [-0.3, -0.25) is 0 Å². The van der Waals surface area contributed by atoms with Gasteiger partial charge in [0.25, 0.3) is 0 Å². The number of fused-ring (bicyclic) bond motifs is 13. The molecule has 0 N–H and O–H groups in total. The van der Waals surface area contributed by atoms with Crippen LogP contribution in [-0.2, 0) is 18.6 Å². The van der Waals surface area contributed by atoms with Crippen molar-refractivity contribution >= 4 is 0 Å². The number of nitrogens with zero attached hydrogens (tertiary/aromatic N) is 3. The Bertz CT molecular complexity index is 2190. The second-order valence-corrected chi connectivity index (χ2v) is 12.4. The van der Waals surface area contributed by atoms with Crippen LogP contribution in [0.15, 0.2) is 164 Å². The van der Waals surface area contributed by atoms with Crippen LogP contribution >= 0.6 is 0 Å². The summed E-state index contributed by atoms with van der Waals surface area (Å²) in [4.78, 5) is 0. The van der Waals surface area contributed by atoms with E-state index in [9.17, 15) is 0 Å². The van der Waals surface area contributed by atoms with Crippen molar-refractivity contribution in [3.8, 4) is 44.9 Å². The summed E-state index contributed by atoms with van der Waals surface area (Å²) in [6.07, 6.45) is 8.86. The minimum atomic E-state index is -0.792. The van der Waals surface area contributed by atoms with Gasteiger partial charge in [-0.05, 0) is 78.9 Å². The van der Waals surface area contributed by atoms with Crippen molar-refractivity contribution in [1.29, 1.82) is 0 Å². The summed E-state index contributed by atoms with van der Waals surface area (Å²) in [6, 6.07) is 53.4. The van der Waals surface area contributed by atoms with Gasteiger partial charge >= 0.3 is 5.79 Å². The Morgan fingerprint density at radius 1 is 0.478 bits per heavy atom. The van der Waals surface area contributed by atoms with E-state index in [1.165, 1.54) is 67.2 Å². The van der Waals surface area contributed by atoms with Crippen LogP contribution in [0.1, 0.15) is 22.3 Å². The number of hydrogen-bond acceptors (Lipinski definition) is 0. The molecule has 0 saturated carbocycles. The fourth-order valence-corrected chi connectivity index (χ4v) is 7.94. The molecule has 46 heavy (non-hydrogen) atoms. The van der Waals surface area contributed by atoms with Crippen molar-refractivity contribution in [1.82, 2.24) is 0 Å². The summed E-state index contributed by atoms with van der Waals surface area (Å²) in [5, 5.41) is 0. The molecule has 0 unspecified atom stereocenters. The molecule has 0 amide bonds. The monoisotopic (exact) mass is 592 g/mol. The second-order valence-electron chi connectivity index (χ2n) is 12.4. The normalized spacial score (nSPS) is 13.8. The number of benzene rings is 4. The molecule has 1 spiro atoms. The van der Waals surface area contributed by atoms with Gasteiger partial charge in [0.2, 0.25) is 17.1 Å². The summed E-state index contributed by atoms with van der Waals surface area (Å²) in [7, 11) is 0. The van der Waals surface area contributed by atoms with Gasteiger partial charge in [0.05, 0.1) is 5.56 Å². The van der Waals surface area contributed by atoms with Crippen LogP contribution in [0.25, 0.3) is 44.9 Å². The van der Waals surface area contributed by atoms with Crippen LogP contribution in [0.5, 0.6) is 0 Å². The van der Waals surface area contributed by atoms with Crippen LogP contribution in [-0.4, -0.2) is 0 Å². The number of aryl methyl sites for hydroxylation is 3. The van der Waals surface area contributed by atoms with Crippen molar-refractivity contribution in [2.45, 2.75) is 25.6 Å². The molecule has 0 saturated heterocycles. The van der Waals surface area contributed by atoms with Crippen LogP contribution in [0.3, 0.4) is 0 Å². The van der Waals surface area contributed by atoms with E-state index in [4.69, 9.17) is 0 Å². The fraction of sp³-hybridized carbons (Fsp3) is 0.0930. The van der Waals surface area contributed by atoms with Gasteiger partial charge in [-0.1, -0.05) is 92.6 Å². The Morgan fingerprint density at radius 2 is 1.00 bits per heavy atom. The maximum Gasteiger partial charge on any atom is 0.590 e. The zero-order chi connectivity index (χ0) is 30.7. The molecular formula is C43H34N3+3. The molecule has 0 atom stereocenters. The maximum atomic E-state index is 2.55. The van der Waals surface area contributed by atoms with Crippen molar-refractivity contribution in [3.05, 3.63) is 186 Å². The molecule has 218 valence electrons. The lowest BCUT2D eigenvalue weighted by molar-refractivity contribution is -1.15. The predicted molar refractivity (Wildman–Crippen MR) is 182 cm³/mol. The Balaban J connectivity index is 1.52. The first-order chi connectivity index (χ1) is 22.7. The molecule has 3 nitrogen and oxygen atoms in total. The standard InChI is InChI=1S/C43H34N3/c1-31-29-35(32-15-3-2-4-16-32)30-46-42(31)38-21-9-10-22-39(38)43(46)44-27-13-11-23-40(44)36-19-7-5-17-33(36)25-26-34-18-6-8-20-37(34)41-24-12-14-28-45(41)43/h2-24,27-30H,25-26H2,1H3/q+3. The smallest absolute Gasteiger partial charge is 0.0672 e. The third-order valence-electron chi connectivity index (χ3n) is 9.88. The van der Waals surface area contributed by atoms with E-state index < -0.39 is 5.79 Å². The zero-order valence-electron chi connectivity index (χ0n) is 25.8. The predicted octanol–water partition coefficient (Wildman–Crippen LogP) is 7.69. The molecule has 7 aromatic rings. The first-order valence-corrected chi connectivity index (χ1v) is 16.2. The molecule has 4 aromatic carbocycles. The van der Waals surface area contributed by atoms with Crippen molar-refractivity contribution in [2.75, 3.05) is 0 Å². The highest BCUT2D eigenvalue weighted by Gasteiger charge is 2.70. The Hall–Kier alpha value is -5.67. The number of rotatable bonds is 1. The summed E-state index contributed by atoms with van der Waals surface area (Å²) in [5.41, 5.74) is 15.0. The highest BCUT2D eigenvalue weighted by atomic mass is 15.4. The van der Waals surface area contributed by atoms with Crippen LogP contribution in [0, 0.1) is 6.92 Å². The fourth-order valence-electron chi connectivity index (χ4n) is 7.94. The molecule has 9 rings (SSSR count). The minimum Gasteiger partial charge on any atom is -0.0672 e. The Labute approximate surface area is 270 Å². The lowest BCUT2D eigenvalue weighted by Gasteiger charge is -2.20. The molecule has 3 aromatic heterocycles. The molecular weight excluding hydrogens is 558 g/mol. The average Bonchev–Trinajstić information content (AvgIpc) is 3.42. The summed E-state index contributed by atoms with van der Waals surface area (Å²) >= 11 is 0. The van der Waals surface area contributed by atoms with Crippen LogP contribution < -0.4 is 13.7 Å². The van der Waals surface area contributed by atoms with Gasteiger partial charge in [-0.25, -0.2) is 0 Å². The van der Waals surface area contributed by atoms with Crippen LogP contribution in [0.4, 0.5) is 0 Å². The molecule has 0 fully saturated rings. The molecule has 0 aliphatic carbocycles. The highest BCUT2D eigenvalue weighted by Crippen LogP contribution is 2.40. The van der Waals surface area contributed by atoms with Crippen molar-refractivity contribution in [2.24, 2.45) is 0 Å². The third-order valence-corrected chi connectivity index (χ3v) is 9.88. The molecule has 0 radical (unpaired) electrons. The largest absolute Gasteiger partial charge is 0.590 e. The number of pyridine rings is 3. The molecule has 5 heterocycles. The van der Waals surface area contributed by atoms with E-state index in [-0.39, 0.29) is 0 Å². The SMILES string of the molecule is Cc1cc(-c2ccccc2)c[n+]2c1-c1ccccc1C21[n+]2ccccc2-c2ccccc2CCc2ccccc2-c2cccc[n+]21. The van der Waals surface area contributed by atoms with Gasteiger partial charge in [0.1, 0.15) is 0 Å². The van der Waals surface area contributed by atoms with Crippen molar-refractivity contribution in [3.63, 3.8) is 0 Å². The Morgan fingerprint density at radius 3 is 1.63 bits per heavy atom. The van der Waals surface area contributed by atoms with Gasteiger partial charge in [0.15, 0.2) is 24.2 Å². The first-order valence-electron chi connectivity index (χ1n) is 16.2. The lowest BCUT2D eigenvalue weighted by Crippen LogP contribution is -2.86. The van der Waals surface area contributed by atoms with E-state index in [1.807, 2.05) is 0 Å². The third kappa shape index (κ3) is 3.81. The Kier molecular flexibility index (Phi) is 6.07. The van der Waals surface area contributed by atoms with Gasteiger partial charge in [-0.2, -0.15) is 0 Å². The summed E-state index contributed by atoms with van der Waals surface area (Å²) in [5.74, 6) is -0.792. The van der Waals surface area contributed by atoms with Crippen molar-refractivity contribution < 1.29 is 13.7 Å². The van der Waals surface area contributed by atoms with E-state index >= 15 is 0 Å². The van der Waals surface area contributed by atoms with E-state index in [2.05, 4.69) is 185 Å². The number of aromatic nitrogens is 3. The average molecular weight is 593 g/mol. The number of hydrogen-bond donors (Lipinski definition) is 0.